The lowest BCUT2D eigenvalue weighted by atomic mass is 9.93. The number of aliphatic hydroxyl groups excluding tert-OH is 1. The molecule has 5 atom stereocenters. The van der Waals surface area contributed by atoms with Crippen LogP contribution in [0.25, 0.3) is 0 Å². The van der Waals surface area contributed by atoms with Gasteiger partial charge in [0, 0.05) is 17.8 Å². The number of hydrogen-bond donors (Lipinski definition) is 1. The number of aryl methyl sites for hydroxylation is 1. The van der Waals surface area contributed by atoms with Crippen molar-refractivity contribution >= 4 is 31.6 Å². The standard InChI is InChI=1S/C40H43FN2O5Si/c1-26-34(47-37(39(26)49(2,3)41)23-38(45)42-24-29-13-5-4-12-28(29)22-31(42)25-44)20-19-27-11-10-14-30(21-27)43-33-16-7-9-18-36(33)48-35-17-8-6-15-32(35)40(43)46/h4-18,21,26,31,34,37,39,44H,19-20,22-25H2,1-3H3/t26-,31+,34+,37-,39+/m1/s1. The van der Waals surface area contributed by atoms with Gasteiger partial charge in [-0.05, 0) is 91.4 Å². The highest BCUT2D eigenvalue weighted by Gasteiger charge is 2.52. The Labute approximate surface area is 288 Å². The van der Waals surface area contributed by atoms with Crippen molar-refractivity contribution in [1.82, 2.24) is 4.90 Å². The molecule has 3 aliphatic heterocycles. The highest BCUT2D eigenvalue weighted by molar-refractivity contribution is 6.72. The highest BCUT2D eigenvalue weighted by Crippen LogP contribution is 2.48. The third-order valence-corrected chi connectivity index (χ3v) is 13.0. The van der Waals surface area contributed by atoms with E-state index in [4.69, 9.17) is 9.47 Å². The van der Waals surface area contributed by atoms with Crippen molar-refractivity contribution in [2.75, 3.05) is 11.5 Å². The average Bonchev–Trinajstić information content (AvgIpc) is 3.35. The summed E-state index contributed by atoms with van der Waals surface area (Å²) in [7, 11) is -3.21. The van der Waals surface area contributed by atoms with Gasteiger partial charge in [0.25, 0.3) is 5.91 Å². The first-order valence-corrected chi connectivity index (χ1v) is 20.2. The zero-order chi connectivity index (χ0) is 34.3. The van der Waals surface area contributed by atoms with Gasteiger partial charge in [0.1, 0.15) is 5.75 Å². The molecule has 1 fully saturated rings. The summed E-state index contributed by atoms with van der Waals surface area (Å²) >= 11 is 0. The third-order valence-electron chi connectivity index (χ3n) is 10.5. The summed E-state index contributed by atoms with van der Waals surface area (Å²) in [4.78, 5) is 31.2. The van der Waals surface area contributed by atoms with E-state index in [0.717, 1.165) is 22.4 Å². The second-order valence-corrected chi connectivity index (χ2v) is 17.9. The van der Waals surface area contributed by atoms with E-state index in [0.29, 0.717) is 48.6 Å². The van der Waals surface area contributed by atoms with Crippen molar-refractivity contribution < 1.29 is 28.3 Å². The van der Waals surface area contributed by atoms with Crippen LogP contribution >= 0.6 is 0 Å². The molecule has 3 heterocycles. The summed E-state index contributed by atoms with van der Waals surface area (Å²) in [5.41, 5.74) is 4.82. The van der Waals surface area contributed by atoms with Crippen molar-refractivity contribution in [3.8, 4) is 11.5 Å². The Balaban J connectivity index is 1.08. The van der Waals surface area contributed by atoms with Gasteiger partial charge in [-0.1, -0.05) is 67.6 Å². The second kappa shape index (κ2) is 13.5. The number of aliphatic hydroxyl groups is 1. The third kappa shape index (κ3) is 6.55. The molecule has 0 aliphatic carbocycles. The minimum atomic E-state index is -3.21. The molecule has 49 heavy (non-hydrogen) atoms. The Morgan fingerprint density at radius 2 is 1.63 bits per heavy atom. The Morgan fingerprint density at radius 3 is 2.41 bits per heavy atom. The van der Waals surface area contributed by atoms with Crippen LogP contribution in [0.3, 0.4) is 0 Å². The van der Waals surface area contributed by atoms with Gasteiger partial charge in [-0.2, -0.15) is 0 Å². The number of benzene rings is 4. The quantitative estimate of drug-likeness (QED) is 0.151. The fourth-order valence-corrected chi connectivity index (χ4v) is 10.7. The van der Waals surface area contributed by atoms with Crippen LogP contribution in [0.2, 0.25) is 18.6 Å². The molecule has 0 saturated carbocycles. The Morgan fingerprint density at radius 1 is 0.918 bits per heavy atom. The van der Waals surface area contributed by atoms with Crippen molar-refractivity contribution in [2.24, 2.45) is 5.92 Å². The molecular formula is C40H43FN2O5Si. The maximum Gasteiger partial charge on any atom is 0.266 e. The normalized spacial score (nSPS) is 23.3. The van der Waals surface area contributed by atoms with Crippen LogP contribution in [0.4, 0.5) is 15.5 Å². The lowest BCUT2D eigenvalue weighted by molar-refractivity contribution is -0.138. The molecule has 7 nitrogen and oxygen atoms in total. The predicted molar refractivity (Wildman–Crippen MR) is 191 cm³/mol. The van der Waals surface area contributed by atoms with Crippen LogP contribution in [0.15, 0.2) is 97.1 Å². The molecule has 0 bridgehead atoms. The largest absolute Gasteiger partial charge is 0.454 e. The van der Waals surface area contributed by atoms with E-state index in [2.05, 4.69) is 6.92 Å². The lowest BCUT2D eigenvalue weighted by Gasteiger charge is -2.37. The molecule has 254 valence electrons. The summed E-state index contributed by atoms with van der Waals surface area (Å²) in [6.45, 7) is 5.80. The lowest BCUT2D eigenvalue weighted by Crippen LogP contribution is -2.48. The fourth-order valence-electron chi connectivity index (χ4n) is 8.13. The first-order valence-electron chi connectivity index (χ1n) is 17.2. The molecule has 0 unspecified atom stereocenters. The van der Waals surface area contributed by atoms with Gasteiger partial charge in [0.15, 0.2) is 5.75 Å². The minimum absolute atomic E-state index is 0.0592. The number of halogens is 1. The Bertz CT molecular complexity index is 1860. The van der Waals surface area contributed by atoms with E-state index in [1.54, 1.807) is 35.0 Å². The van der Waals surface area contributed by atoms with Crippen LogP contribution in [-0.4, -0.2) is 55.1 Å². The maximum absolute atomic E-state index is 16.0. The molecule has 0 spiro atoms. The summed E-state index contributed by atoms with van der Waals surface area (Å²) in [6, 6.07) is 30.5. The van der Waals surface area contributed by atoms with E-state index in [9.17, 15) is 14.7 Å². The first-order chi connectivity index (χ1) is 23.6. The first kappa shape index (κ1) is 33.2. The molecule has 0 radical (unpaired) electrons. The average molecular weight is 679 g/mol. The minimum Gasteiger partial charge on any atom is -0.454 e. The molecule has 4 aromatic rings. The summed E-state index contributed by atoms with van der Waals surface area (Å²) in [5.74, 6) is 0.788. The molecule has 0 aromatic heterocycles. The Hall–Kier alpha value is -4.31. The Kier molecular flexibility index (Phi) is 9.17. The van der Waals surface area contributed by atoms with Gasteiger partial charge >= 0.3 is 0 Å². The van der Waals surface area contributed by atoms with Crippen LogP contribution in [-0.2, 0) is 28.9 Å². The summed E-state index contributed by atoms with van der Waals surface area (Å²) in [6.07, 6.45) is 1.28. The molecule has 4 aromatic carbocycles. The molecule has 7 rings (SSSR count). The van der Waals surface area contributed by atoms with E-state index in [-0.39, 0.29) is 48.4 Å². The van der Waals surface area contributed by atoms with Gasteiger partial charge in [0.2, 0.25) is 14.3 Å². The van der Waals surface area contributed by atoms with E-state index in [1.165, 1.54) is 0 Å². The number of carbonyl (C=O) groups is 2. The van der Waals surface area contributed by atoms with Crippen molar-refractivity contribution in [2.45, 2.75) is 76.0 Å². The molecular weight excluding hydrogens is 636 g/mol. The van der Waals surface area contributed by atoms with Gasteiger partial charge in [-0.15, -0.1) is 0 Å². The smallest absolute Gasteiger partial charge is 0.266 e. The highest BCUT2D eigenvalue weighted by atomic mass is 28.4. The summed E-state index contributed by atoms with van der Waals surface area (Å²) < 4.78 is 28.7. The van der Waals surface area contributed by atoms with Crippen LogP contribution in [0.5, 0.6) is 11.5 Å². The van der Waals surface area contributed by atoms with Gasteiger partial charge in [0.05, 0.1) is 42.5 Å². The number of hydrogen-bond acceptors (Lipinski definition) is 5. The van der Waals surface area contributed by atoms with Crippen molar-refractivity contribution in [3.63, 3.8) is 0 Å². The maximum atomic E-state index is 16.0. The topological polar surface area (TPSA) is 79.3 Å². The number of para-hydroxylation sites is 3. The number of nitrogens with zero attached hydrogens (tertiary/aromatic N) is 2. The monoisotopic (exact) mass is 678 g/mol. The number of rotatable bonds is 8. The van der Waals surface area contributed by atoms with Gasteiger partial charge < -0.3 is 23.6 Å². The van der Waals surface area contributed by atoms with Crippen LogP contribution in [0, 0.1) is 5.92 Å². The molecule has 1 saturated heterocycles. The SMILES string of the molecule is C[C@H]1[C@H]([Si](C)(C)F)[C@@H](CC(=O)N2Cc3ccccc3C[C@H]2CO)O[C@H]1CCc1cccc(N2C(=O)c3ccccc3Oc3ccccc32)c1. The van der Waals surface area contributed by atoms with Crippen molar-refractivity contribution in [1.29, 1.82) is 0 Å². The zero-order valence-corrected chi connectivity index (χ0v) is 29.2. The molecule has 9 heteroatoms. The molecule has 2 amide bonds. The number of fused-ring (bicyclic) bond motifs is 3. The van der Waals surface area contributed by atoms with Gasteiger partial charge in [-0.25, -0.2) is 0 Å². The van der Waals surface area contributed by atoms with Crippen LogP contribution in [0.1, 0.15) is 46.8 Å². The van der Waals surface area contributed by atoms with Gasteiger partial charge in [-0.3, -0.25) is 14.5 Å². The predicted octanol–water partition coefficient (Wildman–Crippen LogP) is 7.99. The summed E-state index contributed by atoms with van der Waals surface area (Å²) in [5, 5.41) is 10.2. The van der Waals surface area contributed by atoms with Crippen LogP contribution < -0.4 is 9.64 Å². The number of amides is 2. The van der Waals surface area contributed by atoms with E-state index >= 15 is 4.11 Å². The number of carbonyl (C=O) groups excluding carboxylic acids is 2. The second-order valence-electron chi connectivity index (χ2n) is 14.1. The molecule has 1 N–H and O–H groups in total. The zero-order valence-electron chi connectivity index (χ0n) is 28.2. The molecule has 3 aliphatic rings. The van der Waals surface area contributed by atoms with E-state index in [1.807, 2.05) is 84.9 Å². The van der Waals surface area contributed by atoms with E-state index < -0.39 is 14.5 Å². The number of anilines is 2. The fraction of sp³-hybridized carbons (Fsp3) is 0.350. The van der Waals surface area contributed by atoms with Crippen molar-refractivity contribution in [3.05, 3.63) is 119 Å². The number of ether oxygens (including phenoxy) is 2.